The lowest BCUT2D eigenvalue weighted by atomic mass is 9.95. The molecule has 0 aromatic heterocycles. The van der Waals surface area contributed by atoms with E-state index in [1.54, 1.807) is 6.92 Å². The van der Waals surface area contributed by atoms with Gasteiger partial charge in [0.05, 0.1) is 6.04 Å². The first-order chi connectivity index (χ1) is 9.43. The average molecular weight is 276 g/mol. The predicted molar refractivity (Wildman–Crippen MR) is 75.0 cm³/mol. The molecule has 0 spiro atoms. The fourth-order valence-corrected chi connectivity index (χ4v) is 2.30. The molecule has 0 radical (unpaired) electrons. The maximum absolute atomic E-state index is 12.1. The summed E-state index contributed by atoms with van der Waals surface area (Å²) in [6.45, 7) is 1.56. The summed E-state index contributed by atoms with van der Waals surface area (Å²) in [6.07, 6.45) is 2.06. The molecular formula is C15H20N2O3. The Kier molecular flexibility index (Phi) is 4.09. The summed E-state index contributed by atoms with van der Waals surface area (Å²) in [4.78, 5) is 23.5. The van der Waals surface area contributed by atoms with Crippen molar-refractivity contribution in [1.82, 2.24) is 5.32 Å². The number of rotatable bonds is 6. The van der Waals surface area contributed by atoms with Crippen LogP contribution < -0.4 is 11.1 Å². The van der Waals surface area contributed by atoms with Crippen LogP contribution in [-0.4, -0.2) is 28.6 Å². The van der Waals surface area contributed by atoms with Crippen LogP contribution in [0.3, 0.4) is 0 Å². The van der Waals surface area contributed by atoms with Crippen molar-refractivity contribution in [3.63, 3.8) is 0 Å². The second kappa shape index (κ2) is 5.63. The molecule has 108 valence electrons. The van der Waals surface area contributed by atoms with Gasteiger partial charge in [-0.1, -0.05) is 30.3 Å². The van der Waals surface area contributed by atoms with Gasteiger partial charge in [0.25, 0.3) is 0 Å². The second-order valence-corrected chi connectivity index (χ2v) is 5.57. The van der Waals surface area contributed by atoms with E-state index >= 15 is 0 Å². The predicted octanol–water partition coefficient (Wildman–Crippen LogP) is 0.926. The van der Waals surface area contributed by atoms with Gasteiger partial charge in [0.15, 0.2) is 0 Å². The number of carbonyl (C=O) groups excluding carboxylic acids is 1. The van der Waals surface area contributed by atoms with E-state index < -0.39 is 23.5 Å². The van der Waals surface area contributed by atoms with Gasteiger partial charge < -0.3 is 16.2 Å². The molecule has 2 atom stereocenters. The molecule has 1 aliphatic rings. The van der Waals surface area contributed by atoms with Crippen LogP contribution >= 0.6 is 0 Å². The van der Waals surface area contributed by atoms with Crippen molar-refractivity contribution in [2.24, 2.45) is 11.7 Å². The third-order valence-corrected chi connectivity index (χ3v) is 3.86. The van der Waals surface area contributed by atoms with Crippen LogP contribution in [0, 0.1) is 5.92 Å². The number of carbonyl (C=O) groups is 2. The lowest BCUT2D eigenvalue weighted by Crippen LogP contribution is -2.58. The van der Waals surface area contributed by atoms with E-state index in [9.17, 15) is 14.7 Å². The number of carboxylic acid groups (broad SMARTS) is 1. The molecule has 2 rings (SSSR count). The molecule has 1 fully saturated rings. The van der Waals surface area contributed by atoms with Gasteiger partial charge in [-0.15, -0.1) is 0 Å². The van der Waals surface area contributed by atoms with Gasteiger partial charge in [-0.05, 0) is 37.7 Å². The van der Waals surface area contributed by atoms with Gasteiger partial charge in [0, 0.05) is 0 Å². The minimum atomic E-state index is -1.20. The van der Waals surface area contributed by atoms with Crippen molar-refractivity contribution in [2.75, 3.05) is 0 Å². The van der Waals surface area contributed by atoms with Crippen LogP contribution in [-0.2, 0) is 16.0 Å². The van der Waals surface area contributed by atoms with Crippen LogP contribution in [0.4, 0.5) is 0 Å². The van der Waals surface area contributed by atoms with Crippen LogP contribution in [0.2, 0.25) is 0 Å². The molecule has 0 saturated heterocycles. The van der Waals surface area contributed by atoms with E-state index in [2.05, 4.69) is 5.32 Å². The highest BCUT2D eigenvalue weighted by Gasteiger charge is 2.48. The number of carboxylic acids is 1. The number of nitrogens with one attached hydrogen (secondary N) is 1. The van der Waals surface area contributed by atoms with Crippen LogP contribution in [0.25, 0.3) is 0 Å². The largest absolute Gasteiger partial charge is 0.480 e. The Balaban J connectivity index is 1.98. The molecule has 2 unspecified atom stereocenters. The van der Waals surface area contributed by atoms with Gasteiger partial charge >= 0.3 is 5.97 Å². The Hall–Kier alpha value is -1.88. The van der Waals surface area contributed by atoms with E-state index in [0.717, 1.165) is 18.4 Å². The molecule has 0 aliphatic heterocycles. The third kappa shape index (κ3) is 3.17. The lowest BCUT2D eigenvalue weighted by Gasteiger charge is -2.27. The quantitative estimate of drug-likeness (QED) is 0.720. The summed E-state index contributed by atoms with van der Waals surface area (Å²) < 4.78 is 0. The Labute approximate surface area is 118 Å². The minimum Gasteiger partial charge on any atom is -0.480 e. The summed E-state index contributed by atoms with van der Waals surface area (Å²) in [5, 5.41) is 11.9. The zero-order valence-corrected chi connectivity index (χ0v) is 11.5. The van der Waals surface area contributed by atoms with Crippen molar-refractivity contribution in [1.29, 1.82) is 0 Å². The topological polar surface area (TPSA) is 92.4 Å². The zero-order chi connectivity index (χ0) is 14.8. The van der Waals surface area contributed by atoms with E-state index in [1.165, 1.54) is 0 Å². The molecule has 0 heterocycles. The summed E-state index contributed by atoms with van der Waals surface area (Å²) in [5.74, 6) is -1.40. The molecule has 1 amide bonds. The van der Waals surface area contributed by atoms with Gasteiger partial charge in [-0.3, -0.25) is 4.79 Å². The molecule has 1 saturated carbocycles. The smallest absolute Gasteiger partial charge is 0.329 e. The molecule has 4 N–H and O–H groups in total. The Morgan fingerprint density at radius 1 is 1.40 bits per heavy atom. The summed E-state index contributed by atoms with van der Waals surface area (Å²) in [7, 11) is 0. The van der Waals surface area contributed by atoms with E-state index in [1.807, 2.05) is 30.3 Å². The highest BCUT2D eigenvalue weighted by atomic mass is 16.4. The molecule has 1 aliphatic carbocycles. The number of hydrogen-bond acceptors (Lipinski definition) is 3. The highest BCUT2D eigenvalue weighted by molar-refractivity contribution is 5.89. The van der Waals surface area contributed by atoms with Crippen LogP contribution in [0.5, 0.6) is 0 Å². The normalized spacial score (nSPS) is 18.9. The fraction of sp³-hybridized carbons (Fsp3) is 0.467. The number of aliphatic carboxylic acids is 1. The standard InChI is InChI=1S/C15H20N2O3/c1-15(14(19)20,11-7-8-11)17-13(18)12(16)9-10-5-3-2-4-6-10/h2-6,11-12H,7-9,16H2,1H3,(H,17,18)(H,19,20). The first-order valence-electron chi connectivity index (χ1n) is 6.78. The summed E-state index contributed by atoms with van der Waals surface area (Å²) in [5.41, 5.74) is 5.63. The van der Waals surface area contributed by atoms with Crippen LogP contribution in [0.1, 0.15) is 25.3 Å². The first-order valence-corrected chi connectivity index (χ1v) is 6.78. The number of amides is 1. The van der Waals surface area contributed by atoms with Crippen molar-refractivity contribution in [3.8, 4) is 0 Å². The molecule has 20 heavy (non-hydrogen) atoms. The van der Waals surface area contributed by atoms with Gasteiger partial charge in [-0.2, -0.15) is 0 Å². The number of nitrogens with two attached hydrogens (primary N) is 1. The summed E-state index contributed by atoms with van der Waals surface area (Å²) in [6, 6.07) is 8.70. The Bertz CT molecular complexity index is 499. The second-order valence-electron chi connectivity index (χ2n) is 5.57. The number of hydrogen-bond donors (Lipinski definition) is 3. The molecule has 1 aromatic rings. The number of benzene rings is 1. The zero-order valence-electron chi connectivity index (χ0n) is 11.5. The molecule has 1 aromatic carbocycles. The molecular weight excluding hydrogens is 256 g/mol. The Morgan fingerprint density at radius 2 is 2.00 bits per heavy atom. The monoisotopic (exact) mass is 276 g/mol. The van der Waals surface area contributed by atoms with Crippen LogP contribution in [0.15, 0.2) is 30.3 Å². The average Bonchev–Trinajstić information content (AvgIpc) is 3.24. The maximum atomic E-state index is 12.1. The summed E-state index contributed by atoms with van der Waals surface area (Å²) >= 11 is 0. The first kappa shape index (κ1) is 14.5. The Morgan fingerprint density at radius 3 is 2.50 bits per heavy atom. The van der Waals surface area contributed by atoms with Crippen molar-refractivity contribution < 1.29 is 14.7 Å². The minimum absolute atomic E-state index is 0.00729. The molecule has 5 nitrogen and oxygen atoms in total. The van der Waals surface area contributed by atoms with E-state index in [4.69, 9.17) is 5.73 Å². The van der Waals surface area contributed by atoms with Gasteiger partial charge in [0.2, 0.25) is 5.91 Å². The van der Waals surface area contributed by atoms with Crippen molar-refractivity contribution >= 4 is 11.9 Å². The van der Waals surface area contributed by atoms with E-state index in [0.29, 0.717) is 6.42 Å². The van der Waals surface area contributed by atoms with Gasteiger partial charge in [-0.25, -0.2) is 4.79 Å². The highest BCUT2D eigenvalue weighted by Crippen LogP contribution is 2.39. The lowest BCUT2D eigenvalue weighted by molar-refractivity contribution is -0.148. The molecule has 0 bridgehead atoms. The fourth-order valence-electron chi connectivity index (χ4n) is 2.30. The van der Waals surface area contributed by atoms with E-state index in [-0.39, 0.29) is 5.92 Å². The third-order valence-electron chi connectivity index (χ3n) is 3.86. The SMILES string of the molecule is CC(NC(=O)C(N)Cc1ccccc1)(C(=O)O)C1CC1. The van der Waals surface area contributed by atoms with Crippen molar-refractivity contribution in [3.05, 3.63) is 35.9 Å². The van der Waals surface area contributed by atoms with Gasteiger partial charge in [0.1, 0.15) is 5.54 Å². The van der Waals surface area contributed by atoms with Crippen molar-refractivity contribution in [2.45, 2.75) is 37.8 Å². The molecule has 5 heteroatoms. The maximum Gasteiger partial charge on any atom is 0.329 e.